The maximum Gasteiger partial charge on any atom is 0.324 e. The Balaban J connectivity index is 2.62. The molecule has 0 radical (unpaired) electrons. The quantitative estimate of drug-likeness (QED) is 0.822. The van der Waals surface area contributed by atoms with Gasteiger partial charge in [-0.2, -0.15) is 0 Å². The van der Waals surface area contributed by atoms with Crippen LogP contribution in [0.5, 0.6) is 5.75 Å². The summed E-state index contributed by atoms with van der Waals surface area (Å²) in [7, 11) is 0. The highest BCUT2D eigenvalue weighted by atomic mass is 35.5. The molecule has 0 amide bonds. The van der Waals surface area contributed by atoms with Gasteiger partial charge in [-0.15, -0.1) is 0 Å². The summed E-state index contributed by atoms with van der Waals surface area (Å²) in [6, 6.07) is 2.41. The highest BCUT2D eigenvalue weighted by Crippen LogP contribution is 2.24. The average Bonchev–Trinajstić information content (AvgIpc) is 2.15. The lowest BCUT2D eigenvalue weighted by Crippen LogP contribution is -2.36. The molecule has 1 rings (SSSR count). The number of hydrogen-bond acceptors (Lipinski definition) is 3. The Morgan fingerprint density at radius 1 is 1.67 bits per heavy atom. The number of nitrogens with two attached hydrogens (primary N) is 1. The smallest absolute Gasteiger partial charge is 0.324 e. The predicted octanol–water partition coefficient (Wildman–Crippen LogP) is 1.27. The Bertz CT molecular complexity index is 372. The molecule has 0 bridgehead atoms. The first kappa shape index (κ1) is 11.7. The first-order valence-corrected chi connectivity index (χ1v) is 4.44. The maximum absolute atomic E-state index is 12.6. The highest BCUT2D eigenvalue weighted by molar-refractivity contribution is 6.32. The van der Waals surface area contributed by atoms with Gasteiger partial charge < -0.3 is 15.6 Å². The minimum absolute atomic E-state index is 0.0765. The topological polar surface area (TPSA) is 72.5 Å². The van der Waals surface area contributed by atoms with E-state index in [-0.39, 0.29) is 17.4 Å². The first-order chi connectivity index (χ1) is 7.00. The number of aliphatic carboxylic acids is 1. The summed E-state index contributed by atoms with van der Waals surface area (Å²) >= 11 is 5.64. The van der Waals surface area contributed by atoms with Crippen molar-refractivity contribution in [1.82, 2.24) is 0 Å². The van der Waals surface area contributed by atoms with Gasteiger partial charge in [-0.1, -0.05) is 11.6 Å². The van der Waals surface area contributed by atoms with Gasteiger partial charge in [0.1, 0.15) is 24.2 Å². The minimum Gasteiger partial charge on any atom is -0.490 e. The van der Waals surface area contributed by atoms with Crippen molar-refractivity contribution in [2.75, 3.05) is 6.61 Å². The van der Waals surface area contributed by atoms with Gasteiger partial charge >= 0.3 is 5.97 Å². The van der Waals surface area contributed by atoms with Crippen molar-refractivity contribution in [2.24, 2.45) is 5.73 Å². The largest absolute Gasteiger partial charge is 0.490 e. The van der Waals surface area contributed by atoms with Crippen LogP contribution < -0.4 is 10.5 Å². The second-order valence-corrected chi connectivity index (χ2v) is 3.24. The van der Waals surface area contributed by atoms with Crippen LogP contribution in [0.25, 0.3) is 0 Å². The van der Waals surface area contributed by atoms with Crippen LogP contribution in [0.1, 0.15) is 0 Å². The Morgan fingerprint density at radius 3 is 2.87 bits per heavy atom. The first-order valence-electron chi connectivity index (χ1n) is 4.07. The molecule has 0 aliphatic heterocycles. The molecule has 1 atom stereocenters. The van der Waals surface area contributed by atoms with E-state index in [1.165, 1.54) is 6.07 Å². The van der Waals surface area contributed by atoms with Crippen LogP contribution in [-0.4, -0.2) is 23.7 Å². The van der Waals surface area contributed by atoms with Crippen molar-refractivity contribution < 1.29 is 19.0 Å². The van der Waals surface area contributed by atoms with E-state index in [4.69, 9.17) is 27.2 Å². The van der Waals surface area contributed by atoms with Gasteiger partial charge in [-0.3, -0.25) is 4.79 Å². The van der Waals surface area contributed by atoms with E-state index in [2.05, 4.69) is 0 Å². The minimum atomic E-state index is -1.17. The normalized spacial score (nSPS) is 12.2. The Hall–Kier alpha value is -1.33. The molecule has 0 aromatic heterocycles. The van der Waals surface area contributed by atoms with E-state index < -0.39 is 17.8 Å². The van der Waals surface area contributed by atoms with E-state index in [9.17, 15) is 9.18 Å². The van der Waals surface area contributed by atoms with Crippen LogP contribution in [0.15, 0.2) is 18.2 Å². The number of halogens is 2. The van der Waals surface area contributed by atoms with Gasteiger partial charge in [-0.25, -0.2) is 4.39 Å². The molecule has 1 aromatic carbocycles. The molecule has 82 valence electrons. The van der Waals surface area contributed by atoms with Gasteiger partial charge in [0.25, 0.3) is 0 Å². The SMILES string of the molecule is NC(COc1ccc(F)cc1Cl)C(=O)O. The van der Waals surface area contributed by atoms with Gasteiger partial charge in [-0.05, 0) is 18.2 Å². The maximum atomic E-state index is 12.6. The molecule has 0 saturated heterocycles. The number of carboxylic acids is 1. The summed E-state index contributed by atoms with van der Waals surface area (Å²) in [5.74, 6) is -1.46. The fourth-order valence-corrected chi connectivity index (χ4v) is 1.06. The second kappa shape index (κ2) is 4.95. The number of carboxylic acid groups (broad SMARTS) is 1. The van der Waals surface area contributed by atoms with Crippen molar-refractivity contribution in [3.05, 3.63) is 29.0 Å². The molecular formula is C9H9ClFNO3. The van der Waals surface area contributed by atoms with Crippen LogP contribution in [0, 0.1) is 5.82 Å². The standard InChI is InChI=1S/C9H9ClFNO3/c10-6-3-5(11)1-2-8(6)15-4-7(12)9(13)14/h1-3,7H,4,12H2,(H,13,14). The van der Waals surface area contributed by atoms with E-state index in [1.807, 2.05) is 0 Å². The zero-order valence-corrected chi connectivity index (χ0v) is 8.37. The molecule has 0 aliphatic carbocycles. The lowest BCUT2D eigenvalue weighted by Gasteiger charge is -2.10. The molecular weight excluding hydrogens is 225 g/mol. The molecule has 0 fully saturated rings. The Kier molecular flexibility index (Phi) is 3.88. The number of rotatable bonds is 4. The molecule has 0 spiro atoms. The van der Waals surface area contributed by atoms with Crippen molar-refractivity contribution >= 4 is 17.6 Å². The van der Waals surface area contributed by atoms with Crippen LogP contribution in [0.3, 0.4) is 0 Å². The zero-order chi connectivity index (χ0) is 11.4. The Morgan fingerprint density at radius 2 is 2.33 bits per heavy atom. The number of benzene rings is 1. The lowest BCUT2D eigenvalue weighted by molar-refractivity contribution is -0.139. The van der Waals surface area contributed by atoms with Crippen molar-refractivity contribution in [2.45, 2.75) is 6.04 Å². The fourth-order valence-electron chi connectivity index (χ4n) is 0.843. The average molecular weight is 234 g/mol. The van der Waals surface area contributed by atoms with E-state index >= 15 is 0 Å². The molecule has 6 heteroatoms. The van der Waals surface area contributed by atoms with Crippen molar-refractivity contribution in [3.63, 3.8) is 0 Å². The molecule has 0 heterocycles. The number of ether oxygens (including phenoxy) is 1. The van der Waals surface area contributed by atoms with Gasteiger partial charge in [0.05, 0.1) is 5.02 Å². The molecule has 0 aliphatic rings. The van der Waals surface area contributed by atoms with E-state index in [1.54, 1.807) is 0 Å². The summed E-state index contributed by atoms with van der Waals surface area (Å²) in [5.41, 5.74) is 5.20. The summed E-state index contributed by atoms with van der Waals surface area (Å²) < 4.78 is 17.6. The lowest BCUT2D eigenvalue weighted by atomic mass is 10.3. The van der Waals surface area contributed by atoms with Gasteiger partial charge in [0.15, 0.2) is 0 Å². The summed E-state index contributed by atoms with van der Waals surface area (Å²) in [6.45, 7) is -0.222. The van der Waals surface area contributed by atoms with Crippen LogP contribution in [0.4, 0.5) is 4.39 Å². The molecule has 1 aromatic rings. The van der Waals surface area contributed by atoms with Crippen molar-refractivity contribution in [1.29, 1.82) is 0 Å². The van der Waals surface area contributed by atoms with Crippen molar-refractivity contribution in [3.8, 4) is 5.75 Å². The molecule has 0 saturated carbocycles. The van der Waals surface area contributed by atoms with Crippen LogP contribution >= 0.6 is 11.6 Å². The monoisotopic (exact) mass is 233 g/mol. The molecule has 4 nitrogen and oxygen atoms in total. The third-order valence-corrected chi connectivity index (χ3v) is 1.92. The van der Waals surface area contributed by atoms with E-state index in [0.29, 0.717) is 0 Å². The second-order valence-electron chi connectivity index (χ2n) is 2.83. The third-order valence-electron chi connectivity index (χ3n) is 1.63. The van der Waals surface area contributed by atoms with E-state index in [0.717, 1.165) is 12.1 Å². The number of carbonyl (C=O) groups is 1. The summed E-state index contributed by atoms with van der Waals surface area (Å²) in [5, 5.41) is 8.55. The third kappa shape index (κ3) is 3.38. The number of hydrogen-bond donors (Lipinski definition) is 2. The summed E-state index contributed by atoms with van der Waals surface area (Å²) in [4.78, 5) is 10.4. The Labute approximate surface area is 90.4 Å². The van der Waals surface area contributed by atoms with Gasteiger partial charge in [0, 0.05) is 0 Å². The fraction of sp³-hybridized carbons (Fsp3) is 0.222. The highest BCUT2D eigenvalue weighted by Gasteiger charge is 2.13. The predicted molar refractivity (Wildman–Crippen MR) is 52.5 cm³/mol. The van der Waals surface area contributed by atoms with Gasteiger partial charge in [0.2, 0.25) is 0 Å². The molecule has 3 N–H and O–H groups in total. The molecule has 1 unspecified atom stereocenters. The zero-order valence-electron chi connectivity index (χ0n) is 7.61. The molecule has 15 heavy (non-hydrogen) atoms. The van der Waals surface area contributed by atoms with Crippen LogP contribution in [-0.2, 0) is 4.79 Å². The van der Waals surface area contributed by atoms with Crippen LogP contribution in [0.2, 0.25) is 5.02 Å². The summed E-state index contributed by atoms with van der Waals surface area (Å²) in [6.07, 6.45) is 0.